The fourth-order valence-electron chi connectivity index (χ4n) is 3.49. The Hall–Kier alpha value is -1.44. The monoisotopic (exact) mass is 426 g/mol. The maximum absolute atomic E-state index is 12.5. The number of hydrogen-bond donors (Lipinski definition) is 1. The molecule has 5 nitrogen and oxygen atoms in total. The number of amides is 3. The van der Waals surface area contributed by atoms with Crippen molar-refractivity contribution in [3.05, 3.63) is 27.8 Å². The first-order valence-corrected chi connectivity index (χ1v) is 9.01. The number of rotatable bonds is 3. The van der Waals surface area contributed by atoms with Crippen LogP contribution in [0.3, 0.4) is 0 Å². The normalized spacial score (nSPS) is 25.2. The molecule has 3 atom stereocenters. The number of halogens is 1. The van der Waals surface area contributed by atoms with Crippen molar-refractivity contribution in [1.82, 2.24) is 4.90 Å². The number of anilines is 1. The highest BCUT2D eigenvalue weighted by atomic mass is 127. The second kappa shape index (κ2) is 6.59. The summed E-state index contributed by atoms with van der Waals surface area (Å²) < 4.78 is 0.915. The van der Waals surface area contributed by atoms with Gasteiger partial charge < -0.3 is 5.32 Å². The zero-order chi connectivity index (χ0) is 16.6. The van der Waals surface area contributed by atoms with Crippen LogP contribution in [0.1, 0.15) is 32.6 Å². The van der Waals surface area contributed by atoms with Gasteiger partial charge in [0.15, 0.2) is 0 Å². The van der Waals surface area contributed by atoms with Crippen LogP contribution in [0.4, 0.5) is 5.69 Å². The van der Waals surface area contributed by atoms with Gasteiger partial charge in [0, 0.05) is 3.57 Å². The van der Waals surface area contributed by atoms with Crippen molar-refractivity contribution < 1.29 is 14.4 Å². The van der Waals surface area contributed by atoms with E-state index in [0.29, 0.717) is 5.69 Å². The molecule has 3 rings (SSSR count). The topological polar surface area (TPSA) is 66.5 Å². The fraction of sp³-hybridized carbons (Fsp3) is 0.471. The van der Waals surface area contributed by atoms with E-state index in [1.807, 2.05) is 18.2 Å². The predicted octanol–water partition coefficient (Wildman–Crippen LogP) is 2.79. The number of fused-ring (bicyclic) bond motifs is 1. The Balaban J connectivity index is 1.76. The third kappa shape index (κ3) is 3.00. The summed E-state index contributed by atoms with van der Waals surface area (Å²) in [4.78, 5) is 38.8. The molecule has 0 spiro atoms. The second-order valence-electron chi connectivity index (χ2n) is 6.19. The van der Waals surface area contributed by atoms with Crippen molar-refractivity contribution in [3.8, 4) is 0 Å². The molecule has 3 amide bonds. The van der Waals surface area contributed by atoms with Crippen molar-refractivity contribution in [2.24, 2.45) is 11.8 Å². The van der Waals surface area contributed by atoms with Gasteiger partial charge in [-0.15, -0.1) is 0 Å². The molecule has 1 N–H and O–H groups in total. The zero-order valence-electron chi connectivity index (χ0n) is 12.9. The predicted molar refractivity (Wildman–Crippen MR) is 94.6 cm³/mol. The molecule has 3 unspecified atom stereocenters. The highest BCUT2D eigenvalue weighted by molar-refractivity contribution is 14.1. The number of benzene rings is 1. The lowest BCUT2D eigenvalue weighted by Crippen LogP contribution is -2.46. The third-order valence-corrected chi connectivity index (χ3v) is 5.71. The first-order valence-electron chi connectivity index (χ1n) is 7.93. The molecule has 122 valence electrons. The van der Waals surface area contributed by atoms with Gasteiger partial charge in [-0.2, -0.15) is 0 Å². The Labute approximate surface area is 148 Å². The van der Waals surface area contributed by atoms with Crippen LogP contribution in [0.25, 0.3) is 0 Å². The molecule has 2 aliphatic rings. The van der Waals surface area contributed by atoms with Gasteiger partial charge in [-0.05, 0) is 54.5 Å². The first kappa shape index (κ1) is 16.4. The summed E-state index contributed by atoms with van der Waals surface area (Å²) in [7, 11) is 0. The van der Waals surface area contributed by atoms with E-state index < -0.39 is 6.04 Å². The zero-order valence-corrected chi connectivity index (χ0v) is 15.1. The summed E-state index contributed by atoms with van der Waals surface area (Å²) in [5.74, 6) is -1.11. The summed E-state index contributed by atoms with van der Waals surface area (Å²) >= 11 is 2.14. The van der Waals surface area contributed by atoms with Crippen LogP contribution in [0.5, 0.6) is 0 Å². The van der Waals surface area contributed by atoms with Crippen molar-refractivity contribution >= 4 is 46.0 Å². The van der Waals surface area contributed by atoms with Crippen LogP contribution in [-0.4, -0.2) is 28.7 Å². The summed E-state index contributed by atoms with van der Waals surface area (Å²) in [6.45, 7) is 1.62. The summed E-state index contributed by atoms with van der Waals surface area (Å²) in [6, 6.07) is 6.64. The second-order valence-corrected chi connectivity index (χ2v) is 7.35. The molecule has 0 aromatic heterocycles. The molecule has 0 bridgehead atoms. The molecule has 6 heteroatoms. The van der Waals surface area contributed by atoms with Crippen molar-refractivity contribution in [2.45, 2.75) is 38.6 Å². The number of imide groups is 1. The lowest BCUT2D eigenvalue weighted by molar-refractivity contribution is -0.146. The van der Waals surface area contributed by atoms with E-state index in [0.717, 1.165) is 29.3 Å². The minimum absolute atomic E-state index is 0.176. The summed E-state index contributed by atoms with van der Waals surface area (Å²) in [5.41, 5.74) is 0.696. The molecule has 1 aromatic rings. The quantitative estimate of drug-likeness (QED) is 0.597. The van der Waals surface area contributed by atoms with Gasteiger partial charge in [-0.3, -0.25) is 19.3 Å². The highest BCUT2D eigenvalue weighted by Gasteiger charge is 2.50. The van der Waals surface area contributed by atoms with Gasteiger partial charge in [-0.25, -0.2) is 0 Å². The third-order valence-electron chi connectivity index (χ3n) is 4.77. The van der Waals surface area contributed by atoms with Crippen LogP contribution in [0.15, 0.2) is 24.3 Å². The number of likely N-dealkylation sites (tertiary alicyclic amines) is 1. The van der Waals surface area contributed by atoms with Gasteiger partial charge in [-0.1, -0.05) is 25.0 Å². The Bertz CT molecular complexity index is 637. The molecule has 1 aliphatic heterocycles. The van der Waals surface area contributed by atoms with Gasteiger partial charge in [0.1, 0.15) is 6.04 Å². The van der Waals surface area contributed by atoms with E-state index >= 15 is 0 Å². The number of nitrogens with zero attached hydrogens (tertiary/aromatic N) is 1. The summed E-state index contributed by atoms with van der Waals surface area (Å²) in [6.07, 6.45) is 3.49. The SMILES string of the molecule is CC(C(=O)Nc1ccccc1I)N1C(=O)C2CCCCC2C1=O. The number of carbonyl (C=O) groups is 3. The Morgan fingerprint density at radius 1 is 1.17 bits per heavy atom. The van der Waals surface area contributed by atoms with E-state index in [4.69, 9.17) is 0 Å². The van der Waals surface area contributed by atoms with Crippen LogP contribution >= 0.6 is 22.6 Å². The van der Waals surface area contributed by atoms with E-state index in [9.17, 15) is 14.4 Å². The lowest BCUT2D eigenvalue weighted by Gasteiger charge is -2.22. The largest absolute Gasteiger partial charge is 0.323 e. The van der Waals surface area contributed by atoms with E-state index in [1.165, 1.54) is 4.90 Å². The molecular formula is C17H19IN2O3. The molecular weight excluding hydrogens is 407 g/mol. The molecule has 23 heavy (non-hydrogen) atoms. The molecule has 1 aromatic carbocycles. The van der Waals surface area contributed by atoms with Gasteiger partial charge in [0.25, 0.3) is 0 Å². The number of hydrogen-bond acceptors (Lipinski definition) is 3. The minimum Gasteiger partial charge on any atom is -0.323 e. The molecule has 1 aliphatic carbocycles. The smallest absolute Gasteiger partial charge is 0.247 e. The van der Waals surface area contributed by atoms with Crippen LogP contribution in [-0.2, 0) is 14.4 Å². The van der Waals surface area contributed by atoms with Crippen molar-refractivity contribution in [3.63, 3.8) is 0 Å². The molecule has 1 saturated heterocycles. The van der Waals surface area contributed by atoms with E-state index in [2.05, 4.69) is 27.9 Å². The highest BCUT2D eigenvalue weighted by Crippen LogP contribution is 2.38. The number of carbonyl (C=O) groups excluding carboxylic acids is 3. The first-order chi connectivity index (χ1) is 11.0. The molecule has 0 radical (unpaired) electrons. The maximum Gasteiger partial charge on any atom is 0.247 e. The van der Waals surface area contributed by atoms with Crippen LogP contribution in [0.2, 0.25) is 0 Å². The molecule has 2 fully saturated rings. The number of para-hydroxylation sites is 1. The molecule has 1 saturated carbocycles. The van der Waals surface area contributed by atoms with Gasteiger partial charge in [0.05, 0.1) is 17.5 Å². The van der Waals surface area contributed by atoms with Crippen LogP contribution in [0, 0.1) is 15.4 Å². The molecule has 1 heterocycles. The number of nitrogens with one attached hydrogen (secondary N) is 1. The summed E-state index contributed by atoms with van der Waals surface area (Å²) in [5, 5.41) is 2.82. The van der Waals surface area contributed by atoms with E-state index in [1.54, 1.807) is 13.0 Å². The van der Waals surface area contributed by atoms with Crippen molar-refractivity contribution in [1.29, 1.82) is 0 Å². The standard InChI is InChI=1S/C17H19IN2O3/c1-10(15(21)19-14-9-5-4-8-13(14)18)20-16(22)11-6-2-3-7-12(11)17(20)23/h4-5,8-12H,2-3,6-7H2,1H3,(H,19,21). The van der Waals surface area contributed by atoms with Gasteiger partial charge in [0.2, 0.25) is 17.7 Å². The average molecular weight is 426 g/mol. The Morgan fingerprint density at radius 2 is 1.74 bits per heavy atom. The fourth-order valence-corrected chi connectivity index (χ4v) is 4.01. The Morgan fingerprint density at radius 3 is 2.30 bits per heavy atom. The lowest BCUT2D eigenvalue weighted by atomic mass is 9.81. The van der Waals surface area contributed by atoms with Crippen molar-refractivity contribution in [2.75, 3.05) is 5.32 Å². The average Bonchev–Trinajstić information content (AvgIpc) is 2.81. The maximum atomic E-state index is 12.5. The van der Waals surface area contributed by atoms with E-state index in [-0.39, 0.29) is 29.6 Å². The van der Waals surface area contributed by atoms with Gasteiger partial charge >= 0.3 is 0 Å². The van der Waals surface area contributed by atoms with Crippen LogP contribution < -0.4 is 5.32 Å². The Kier molecular flexibility index (Phi) is 4.70. The minimum atomic E-state index is -0.781.